The maximum absolute atomic E-state index is 13.3. The number of ether oxygens (including phenoxy) is 4. The van der Waals surface area contributed by atoms with E-state index in [-0.39, 0.29) is 12.1 Å². The number of rotatable bonds is 7. The molecule has 2 aliphatic heterocycles. The number of hydrogen-bond donors (Lipinski definition) is 0. The Morgan fingerprint density at radius 1 is 1.00 bits per heavy atom. The number of nitrogens with zero attached hydrogens (tertiary/aromatic N) is 2. The first-order valence-corrected chi connectivity index (χ1v) is 12.8. The summed E-state index contributed by atoms with van der Waals surface area (Å²) in [6.07, 6.45) is 0.705. The van der Waals surface area contributed by atoms with E-state index in [0.717, 1.165) is 23.4 Å². The van der Waals surface area contributed by atoms with Crippen molar-refractivity contribution in [2.24, 2.45) is 0 Å². The Hall–Kier alpha value is -2.97. The van der Waals surface area contributed by atoms with Gasteiger partial charge in [-0.05, 0) is 85.1 Å². The van der Waals surface area contributed by atoms with Gasteiger partial charge in [0.15, 0.2) is 0 Å². The number of esters is 2. The fourth-order valence-electron chi connectivity index (χ4n) is 4.47. The van der Waals surface area contributed by atoms with Crippen LogP contribution in [-0.4, -0.2) is 72.5 Å². The number of hydrogen-bond acceptors (Lipinski definition) is 8. The van der Waals surface area contributed by atoms with Crippen molar-refractivity contribution in [3.8, 4) is 5.75 Å². The minimum absolute atomic E-state index is 0.200. The van der Waals surface area contributed by atoms with Crippen LogP contribution in [0, 0.1) is 0 Å². The van der Waals surface area contributed by atoms with Crippen LogP contribution in [0.4, 0.5) is 10.5 Å². The van der Waals surface area contributed by atoms with Crippen LogP contribution in [0.3, 0.4) is 0 Å². The van der Waals surface area contributed by atoms with Gasteiger partial charge in [-0.15, -0.1) is 0 Å². The lowest BCUT2D eigenvalue weighted by Crippen LogP contribution is -2.57. The third-order valence-electron chi connectivity index (χ3n) is 5.91. The molecule has 0 aliphatic carbocycles. The molecule has 0 saturated carbocycles. The molecular formula is C27H40N2O7. The zero-order valence-corrected chi connectivity index (χ0v) is 22.5. The maximum Gasteiger partial charge on any atom is 0.410 e. The minimum atomic E-state index is -1.27. The van der Waals surface area contributed by atoms with Gasteiger partial charge in [-0.1, -0.05) is 0 Å². The second-order valence-corrected chi connectivity index (χ2v) is 10.9. The molecule has 1 saturated heterocycles. The summed E-state index contributed by atoms with van der Waals surface area (Å²) in [5.74, 6) is -0.492. The van der Waals surface area contributed by atoms with Gasteiger partial charge in [0.1, 0.15) is 11.4 Å². The predicted molar refractivity (Wildman–Crippen MR) is 135 cm³/mol. The molecule has 9 heteroatoms. The van der Waals surface area contributed by atoms with Crippen LogP contribution >= 0.6 is 0 Å². The number of carbonyl (C=O) groups excluding carboxylic acids is 3. The Morgan fingerprint density at radius 2 is 1.58 bits per heavy atom. The lowest BCUT2D eigenvalue weighted by molar-refractivity contribution is -0.161. The zero-order valence-electron chi connectivity index (χ0n) is 22.5. The number of fused-ring (bicyclic) bond motifs is 1. The Kier molecular flexibility index (Phi) is 8.74. The van der Waals surface area contributed by atoms with Crippen LogP contribution in [0.1, 0.15) is 66.9 Å². The van der Waals surface area contributed by atoms with E-state index in [1.807, 2.05) is 43.9 Å². The summed E-state index contributed by atoms with van der Waals surface area (Å²) in [6, 6.07) is 4.24. The number of likely N-dealkylation sites (tertiary alicyclic amines) is 1. The SMILES string of the molecule is CC(C)OC(=O)C(C(=O)OC(C)C)N(c1ccc2c(c1)CCO2)C1CCN(C(=O)OC(C)(C)C)CC1. The third kappa shape index (κ3) is 7.04. The quantitative estimate of drug-likeness (QED) is 0.311. The van der Waals surface area contributed by atoms with E-state index in [4.69, 9.17) is 18.9 Å². The second-order valence-electron chi connectivity index (χ2n) is 10.9. The maximum atomic E-state index is 13.3. The zero-order chi connectivity index (χ0) is 26.6. The van der Waals surface area contributed by atoms with Crippen molar-refractivity contribution in [2.45, 2.75) is 97.6 Å². The summed E-state index contributed by atoms with van der Waals surface area (Å²) in [7, 11) is 0. The second kappa shape index (κ2) is 11.4. The number of anilines is 1. The van der Waals surface area contributed by atoms with Gasteiger partial charge in [0.05, 0.1) is 18.8 Å². The molecule has 1 aromatic carbocycles. The van der Waals surface area contributed by atoms with Crippen LogP contribution in [0.5, 0.6) is 5.75 Å². The van der Waals surface area contributed by atoms with E-state index < -0.39 is 35.8 Å². The number of piperidine rings is 1. The Bertz CT molecular complexity index is 924. The minimum Gasteiger partial charge on any atom is -0.493 e. The van der Waals surface area contributed by atoms with Crippen molar-refractivity contribution >= 4 is 23.7 Å². The molecule has 0 atom stereocenters. The molecule has 1 fully saturated rings. The summed E-state index contributed by atoms with van der Waals surface area (Å²) < 4.78 is 22.2. The fourth-order valence-corrected chi connectivity index (χ4v) is 4.47. The van der Waals surface area contributed by atoms with E-state index in [2.05, 4.69) is 0 Å². The van der Waals surface area contributed by atoms with Gasteiger partial charge in [-0.3, -0.25) is 0 Å². The largest absolute Gasteiger partial charge is 0.493 e. The molecule has 9 nitrogen and oxygen atoms in total. The molecule has 0 radical (unpaired) electrons. The smallest absolute Gasteiger partial charge is 0.410 e. The Labute approximate surface area is 214 Å². The van der Waals surface area contributed by atoms with Crippen molar-refractivity contribution < 1.29 is 33.3 Å². The molecule has 2 heterocycles. The Balaban J connectivity index is 1.93. The average Bonchev–Trinajstić information content (AvgIpc) is 3.23. The van der Waals surface area contributed by atoms with Gasteiger partial charge >= 0.3 is 18.0 Å². The van der Waals surface area contributed by atoms with Crippen molar-refractivity contribution in [3.05, 3.63) is 23.8 Å². The molecule has 1 aromatic rings. The van der Waals surface area contributed by atoms with Gasteiger partial charge < -0.3 is 28.7 Å². The van der Waals surface area contributed by atoms with Gasteiger partial charge in [-0.2, -0.15) is 0 Å². The molecule has 1 amide bonds. The molecule has 36 heavy (non-hydrogen) atoms. The Morgan fingerprint density at radius 3 is 2.11 bits per heavy atom. The predicted octanol–water partition coefficient (Wildman–Crippen LogP) is 4.10. The average molecular weight is 505 g/mol. The van der Waals surface area contributed by atoms with E-state index >= 15 is 0 Å². The van der Waals surface area contributed by atoms with Gasteiger partial charge in [0.2, 0.25) is 6.04 Å². The lowest BCUT2D eigenvalue weighted by atomic mass is 9.99. The molecule has 0 unspecified atom stereocenters. The van der Waals surface area contributed by atoms with E-state index in [1.165, 1.54) is 0 Å². The van der Waals surface area contributed by atoms with E-state index in [1.54, 1.807) is 32.6 Å². The highest BCUT2D eigenvalue weighted by molar-refractivity contribution is 6.03. The van der Waals surface area contributed by atoms with Crippen molar-refractivity contribution in [1.29, 1.82) is 0 Å². The molecule has 200 valence electrons. The first-order valence-electron chi connectivity index (χ1n) is 12.8. The summed E-state index contributed by atoms with van der Waals surface area (Å²) in [4.78, 5) is 42.7. The molecule has 0 aromatic heterocycles. The van der Waals surface area contributed by atoms with E-state index in [9.17, 15) is 14.4 Å². The summed E-state index contributed by atoms with van der Waals surface area (Å²) in [5, 5.41) is 0. The lowest BCUT2D eigenvalue weighted by Gasteiger charge is -2.42. The van der Waals surface area contributed by atoms with Crippen LogP contribution in [-0.2, 0) is 30.2 Å². The number of amides is 1. The fraction of sp³-hybridized carbons (Fsp3) is 0.667. The normalized spacial score (nSPS) is 16.1. The number of benzene rings is 1. The van der Waals surface area contributed by atoms with Gasteiger partial charge in [0.25, 0.3) is 0 Å². The van der Waals surface area contributed by atoms with Crippen LogP contribution < -0.4 is 9.64 Å². The van der Waals surface area contributed by atoms with Crippen molar-refractivity contribution in [1.82, 2.24) is 4.90 Å². The van der Waals surface area contributed by atoms with Crippen LogP contribution in [0.2, 0.25) is 0 Å². The standard InChI is InChI=1S/C27H40N2O7/c1-17(2)34-24(30)23(25(31)35-18(3)4)29(21-8-9-22-19(16-21)12-15-33-22)20-10-13-28(14-11-20)26(32)36-27(5,6)7/h8-9,16-18,20,23H,10-15H2,1-7H3. The molecule has 0 N–H and O–H groups in total. The van der Waals surface area contributed by atoms with Gasteiger partial charge in [0, 0.05) is 31.2 Å². The molecule has 0 bridgehead atoms. The highest BCUT2D eigenvalue weighted by Gasteiger charge is 2.42. The highest BCUT2D eigenvalue weighted by atomic mass is 16.6. The summed E-state index contributed by atoms with van der Waals surface area (Å²) in [6.45, 7) is 14.0. The molecule has 0 spiro atoms. The third-order valence-corrected chi connectivity index (χ3v) is 5.91. The van der Waals surface area contributed by atoms with Crippen molar-refractivity contribution in [3.63, 3.8) is 0 Å². The monoisotopic (exact) mass is 504 g/mol. The van der Waals surface area contributed by atoms with Crippen molar-refractivity contribution in [2.75, 3.05) is 24.6 Å². The molecule has 2 aliphatic rings. The topological polar surface area (TPSA) is 94.6 Å². The van der Waals surface area contributed by atoms with Gasteiger partial charge in [-0.25, -0.2) is 14.4 Å². The first kappa shape index (κ1) is 27.6. The molecular weight excluding hydrogens is 464 g/mol. The number of carbonyl (C=O) groups is 3. The summed E-state index contributed by atoms with van der Waals surface area (Å²) >= 11 is 0. The first-order chi connectivity index (χ1) is 16.9. The van der Waals surface area contributed by atoms with Crippen LogP contribution in [0.15, 0.2) is 18.2 Å². The molecule has 3 rings (SSSR count). The highest BCUT2D eigenvalue weighted by Crippen LogP contribution is 2.34. The van der Waals surface area contributed by atoms with Crippen LogP contribution in [0.25, 0.3) is 0 Å². The summed E-state index contributed by atoms with van der Waals surface area (Å²) in [5.41, 5.74) is 1.16. The van der Waals surface area contributed by atoms with E-state index in [0.29, 0.717) is 32.5 Å².